The average Bonchev–Trinajstić information content (AvgIpc) is 2.72. The number of hydrogen-bond acceptors (Lipinski definition) is 6. The maximum absolute atomic E-state index is 12.5. The van der Waals surface area contributed by atoms with Crippen molar-refractivity contribution < 1.29 is 43.7 Å². The Morgan fingerprint density at radius 3 is 1.83 bits per heavy atom. The van der Waals surface area contributed by atoms with E-state index in [1.54, 1.807) is 24.3 Å². The first kappa shape index (κ1) is 29.0. The Balaban J connectivity index is 2.26. The van der Waals surface area contributed by atoms with Crippen molar-refractivity contribution in [3.63, 3.8) is 0 Å². The van der Waals surface area contributed by atoms with Crippen LogP contribution in [0.15, 0.2) is 42.5 Å². The van der Waals surface area contributed by atoms with Gasteiger partial charge >= 0.3 is 15.2 Å². The Kier molecular flexibility index (Phi) is 10.1. The van der Waals surface area contributed by atoms with Gasteiger partial charge in [-0.1, -0.05) is 32.0 Å². The molecule has 0 saturated carbocycles. The van der Waals surface area contributed by atoms with Crippen LogP contribution >= 0.6 is 15.2 Å². The topological polar surface area (TPSA) is 188 Å². The highest BCUT2D eigenvalue weighted by atomic mass is 31.2. The van der Waals surface area contributed by atoms with E-state index in [9.17, 15) is 43.7 Å². The maximum atomic E-state index is 12.5. The molecule has 0 spiro atoms. The Labute approximate surface area is 203 Å². The summed E-state index contributed by atoms with van der Waals surface area (Å²) >= 11 is 0. The number of anilines is 1. The summed E-state index contributed by atoms with van der Waals surface area (Å²) in [7, 11) is -9.38. The third kappa shape index (κ3) is 9.39. The molecule has 2 rings (SSSR count). The molecule has 2 aromatic carbocycles. The van der Waals surface area contributed by atoms with Gasteiger partial charge in [-0.2, -0.15) is 0 Å². The summed E-state index contributed by atoms with van der Waals surface area (Å²) in [6, 6.07) is 11.7. The van der Waals surface area contributed by atoms with E-state index in [1.807, 2.05) is 26.0 Å². The van der Waals surface area contributed by atoms with Crippen molar-refractivity contribution in [3.05, 3.63) is 53.6 Å². The number of phenols is 2. The van der Waals surface area contributed by atoms with E-state index in [0.29, 0.717) is 4.90 Å². The first-order valence-corrected chi connectivity index (χ1v) is 14.5. The van der Waals surface area contributed by atoms with Crippen molar-refractivity contribution in [2.45, 2.75) is 38.5 Å². The smallest absolute Gasteiger partial charge is 0.339 e. The van der Waals surface area contributed by atoms with Gasteiger partial charge in [-0.25, -0.2) is 0 Å². The number of amides is 1. The SMILES string of the molecule is CCC(c1ccc(O)cc1)C(CC)c1ccc(O)c(NC(=O)CN(CP(=O)(O)O)CP(=O)(O)O)c1. The van der Waals surface area contributed by atoms with Gasteiger partial charge in [-0.15, -0.1) is 0 Å². The predicted octanol–water partition coefficient (Wildman–Crippen LogP) is 3.30. The highest BCUT2D eigenvalue weighted by molar-refractivity contribution is 7.52. The van der Waals surface area contributed by atoms with Crippen LogP contribution in [-0.4, -0.2) is 59.7 Å². The Bertz CT molecular complexity index is 1070. The lowest BCUT2D eigenvalue weighted by molar-refractivity contribution is -0.117. The zero-order valence-corrected chi connectivity index (χ0v) is 21.3. The van der Waals surface area contributed by atoms with E-state index in [-0.39, 0.29) is 29.0 Å². The fraction of sp³-hybridized carbons (Fsp3) is 0.409. The lowest BCUT2D eigenvalue weighted by atomic mass is 9.78. The van der Waals surface area contributed by atoms with Crippen LogP contribution in [-0.2, 0) is 13.9 Å². The number of phenolic OH excluding ortho intramolecular Hbond substituents is 2. The fourth-order valence-corrected chi connectivity index (χ4v) is 5.77. The molecule has 35 heavy (non-hydrogen) atoms. The van der Waals surface area contributed by atoms with Gasteiger partial charge in [0.2, 0.25) is 5.91 Å². The first-order valence-electron chi connectivity index (χ1n) is 11.0. The van der Waals surface area contributed by atoms with Gasteiger partial charge in [-0.05, 0) is 60.1 Å². The Morgan fingerprint density at radius 1 is 0.857 bits per heavy atom. The minimum atomic E-state index is -4.69. The standard InChI is InChI=1S/C22H32N2O9P2/c1-3-18(15-5-8-17(25)9-6-15)19(4-2)16-7-10-21(26)20(11-16)23-22(27)12-24(13-34(28,29)30)14-35(31,32)33/h5-11,18-19,25-26H,3-4,12-14H2,1-2H3,(H,23,27)(H2,28,29,30)(H2,31,32,33). The van der Waals surface area contributed by atoms with Crippen LogP contribution < -0.4 is 5.32 Å². The van der Waals surface area contributed by atoms with Gasteiger partial charge in [0.25, 0.3) is 0 Å². The van der Waals surface area contributed by atoms with Gasteiger partial charge < -0.3 is 35.1 Å². The molecule has 0 saturated heterocycles. The number of carbonyl (C=O) groups excluding carboxylic acids is 1. The summed E-state index contributed by atoms with van der Waals surface area (Å²) in [4.78, 5) is 49.9. The Morgan fingerprint density at radius 2 is 1.34 bits per heavy atom. The number of nitrogens with one attached hydrogen (secondary N) is 1. The molecule has 11 nitrogen and oxygen atoms in total. The van der Waals surface area contributed by atoms with E-state index >= 15 is 0 Å². The van der Waals surface area contributed by atoms with Crippen molar-refractivity contribution in [3.8, 4) is 11.5 Å². The molecule has 0 fully saturated rings. The van der Waals surface area contributed by atoms with E-state index < -0.39 is 40.2 Å². The lowest BCUT2D eigenvalue weighted by Gasteiger charge is -2.27. The van der Waals surface area contributed by atoms with Gasteiger partial charge in [0, 0.05) is 0 Å². The molecule has 0 aromatic heterocycles. The summed E-state index contributed by atoms with van der Waals surface area (Å²) in [5.74, 6) is -0.765. The average molecular weight is 530 g/mol. The molecule has 0 aliphatic heterocycles. The van der Waals surface area contributed by atoms with Crippen LogP contribution in [0.25, 0.3) is 0 Å². The molecule has 0 bridgehead atoms. The van der Waals surface area contributed by atoms with Gasteiger partial charge in [-0.3, -0.25) is 18.8 Å². The third-order valence-corrected chi connectivity index (χ3v) is 7.08. The molecule has 2 aromatic rings. The Hall–Kier alpha value is -2.23. The third-order valence-electron chi connectivity index (χ3n) is 5.55. The number of rotatable bonds is 12. The minimum Gasteiger partial charge on any atom is -0.508 e. The van der Waals surface area contributed by atoms with Crippen LogP contribution in [0, 0.1) is 0 Å². The lowest BCUT2D eigenvalue weighted by Crippen LogP contribution is -2.34. The molecule has 194 valence electrons. The molecule has 7 N–H and O–H groups in total. The largest absolute Gasteiger partial charge is 0.508 e. The molecule has 0 aliphatic carbocycles. The zero-order chi connectivity index (χ0) is 26.4. The van der Waals surface area contributed by atoms with Crippen molar-refractivity contribution in [2.75, 3.05) is 24.4 Å². The van der Waals surface area contributed by atoms with Crippen LogP contribution in [0.2, 0.25) is 0 Å². The van der Waals surface area contributed by atoms with E-state index in [0.717, 1.165) is 24.0 Å². The van der Waals surface area contributed by atoms with Crippen molar-refractivity contribution in [2.24, 2.45) is 0 Å². The molecule has 0 aliphatic rings. The maximum Gasteiger partial charge on any atom is 0.339 e. The number of nitrogens with zero attached hydrogens (tertiary/aromatic N) is 1. The van der Waals surface area contributed by atoms with Gasteiger partial charge in [0.1, 0.15) is 24.1 Å². The van der Waals surface area contributed by atoms with E-state index in [4.69, 9.17) is 0 Å². The van der Waals surface area contributed by atoms with Gasteiger partial charge in [0.05, 0.1) is 12.2 Å². The second-order valence-electron chi connectivity index (χ2n) is 8.39. The predicted molar refractivity (Wildman–Crippen MR) is 131 cm³/mol. The van der Waals surface area contributed by atoms with E-state index in [2.05, 4.69) is 5.32 Å². The summed E-state index contributed by atoms with van der Waals surface area (Å²) in [6.07, 6.45) is -0.484. The molecule has 0 heterocycles. The summed E-state index contributed by atoms with van der Waals surface area (Å²) < 4.78 is 22.6. The van der Waals surface area contributed by atoms with Crippen molar-refractivity contribution in [1.82, 2.24) is 4.90 Å². The number of carbonyl (C=O) groups is 1. The summed E-state index contributed by atoms with van der Waals surface area (Å²) in [5, 5.41) is 22.4. The molecule has 2 atom stereocenters. The highest BCUT2D eigenvalue weighted by Crippen LogP contribution is 2.42. The summed E-state index contributed by atoms with van der Waals surface area (Å²) in [6.45, 7) is 3.35. The van der Waals surface area contributed by atoms with Crippen molar-refractivity contribution >= 4 is 26.8 Å². The minimum absolute atomic E-state index is 0.0154. The molecule has 0 radical (unpaired) electrons. The molecular formula is C22H32N2O9P2. The highest BCUT2D eigenvalue weighted by Gasteiger charge is 2.28. The zero-order valence-electron chi connectivity index (χ0n) is 19.5. The quantitative estimate of drug-likeness (QED) is 0.158. The molecule has 13 heteroatoms. The second kappa shape index (κ2) is 12.1. The second-order valence-corrected chi connectivity index (χ2v) is 11.6. The van der Waals surface area contributed by atoms with Crippen LogP contribution in [0.4, 0.5) is 5.69 Å². The first-order chi connectivity index (χ1) is 16.2. The normalized spacial score (nSPS) is 14.0. The fourth-order valence-electron chi connectivity index (χ4n) is 4.17. The molecular weight excluding hydrogens is 498 g/mol. The van der Waals surface area contributed by atoms with Crippen LogP contribution in [0.5, 0.6) is 11.5 Å². The molecule has 1 amide bonds. The number of hydrogen-bond donors (Lipinski definition) is 7. The van der Waals surface area contributed by atoms with Crippen molar-refractivity contribution in [1.29, 1.82) is 0 Å². The van der Waals surface area contributed by atoms with E-state index in [1.165, 1.54) is 6.07 Å². The van der Waals surface area contributed by atoms with Crippen LogP contribution in [0.1, 0.15) is 49.7 Å². The van der Waals surface area contributed by atoms with Crippen LogP contribution in [0.3, 0.4) is 0 Å². The summed E-state index contributed by atoms with van der Waals surface area (Å²) in [5.41, 5.74) is 1.93. The molecule has 2 unspecified atom stereocenters. The number of aromatic hydroxyl groups is 2. The van der Waals surface area contributed by atoms with Gasteiger partial charge in [0.15, 0.2) is 0 Å². The number of benzene rings is 2. The monoisotopic (exact) mass is 530 g/mol.